The molecule has 3 nitrogen and oxygen atoms in total. The van der Waals surface area contributed by atoms with E-state index in [1.165, 1.54) is 5.56 Å². The summed E-state index contributed by atoms with van der Waals surface area (Å²) in [7, 11) is 0. The first-order valence-electron chi connectivity index (χ1n) is 6.91. The van der Waals surface area contributed by atoms with Gasteiger partial charge in [0.05, 0.1) is 0 Å². The van der Waals surface area contributed by atoms with Gasteiger partial charge in [-0.1, -0.05) is 31.2 Å². The van der Waals surface area contributed by atoms with Gasteiger partial charge in [0.2, 0.25) is 0 Å². The molecule has 0 saturated carbocycles. The van der Waals surface area contributed by atoms with Crippen LogP contribution in [0, 0.1) is 0 Å². The van der Waals surface area contributed by atoms with Gasteiger partial charge in [-0.25, -0.2) is 0 Å². The van der Waals surface area contributed by atoms with Crippen molar-refractivity contribution in [3.8, 4) is 11.5 Å². The maximum atomic E-state index is 9.66. The number of aliphatic hydroxyl groups is 1. The number of aryl methyl sites for hydroxylation is 1. The van der Waals surface area contributed by atoms with E-state index in [0.717, 1.165) is 29.0 Å². The average Bonchev–Trinajstić information content (AvgIpc) is 2.87. The highest BCUT2D eigenvalue weighted by Gasteiger charge is 2.21. The van der Waals surface area contributed by atoms with Crippen molar-refractivity contribution >= 4 is 0 Å². The highest BCUT2D eigenvalue weighted by atomic mass is 16.5. The van der Waals surface area contributed by atoms with Crippen LogP contribution in [0.4, 0.5) is 0 Å². The molecule has 0 radical (unpaired) electrons. The minimum absolute atomic E-state index is 0.331. The Hall–Kier alpha value is -2.00. The van der Waals surface area contributed by atoms with E-state index < -0.39 is 6.10 Å². The van der Waals surface area contributed by atoms with Crippen LogP contribution in [0.2, 0.25) is 0 Å². The molecule has 0 saturated heterocycles. The summed E-state index contributed by atoms with van der Waals surface area (Å²) in [6.07, 6.45) is 0.534. The molecule has 0 aromatic heterocycles. The van der Waals surface area contributed by atoms with Gasteiger partial charge in [-0.15, -0.1) is 0 Å². The molecule has 1 heterocycles. The molecule has 20 heavy (non-hydrogen) atoms. The van der Waals surface area contributed by atoms with Crippen LogP contribution >= 0.6 is 0 Å². The van der Waals surface area contributed by atoms with E-state index in [0.29, 0.717) is 13.2 Å². The van der Waals surface area contributed by atoms with E-state index in [-0.39, 0.29) is 0 Å². The summed E-state index contributed by atoms with van der Waals surface area (Å²) in [6, 6.07) is 14.0. The zero-order valence-corrected chi connectivity index (χ0v) is 11.5. The second-order valence-electron chi connectivity index (χ2n) is 4.99. The summed E-state index contributed by atoms with van der Waals surface area (Å²) in [6.45, 7) is 3.01. The van der Waals surface area contributed by atoms with Crippen LogP contribution in [0.3, 0.4) is 0 Å². The number of hydrogen-bond acceptors (Lipinski definition) is 3. The summed E-state index contributed by atoms with van der Waals surface area (Å²) >= 11 is 0. The highest BCUT2D eigenvalue weighted by Crippen LogP contribution is 2.35. The lowest BCUT2D eigenvalue weighted by atomic mass is 10.1. The van der Waals surface area contributed by atoms with Crippen molar-refractivity contribution in [2.24, 2.45) is 0 Å². The molecule has 3 heteroatoms. The van der Waals surface area contributed by atoms with Crippen LogP contribution in [-0.2, 0) is 13.0 Å². The van der Waals surface area contributed by atoms with E-state index >= 15 is 0 Å². The number of rotatable bonds is 4. The lowest BCUT2D eigenvalue weighted by molar-refractivity contribution is 0.140. The van der Waals surface area contributed by atoms with E-state index in [1.54, 1.807) is 0 Å². The number of ether oxygens (including phenoxy) is 2. The summed E-state index contributed by atoms with van der Waals surface area (Å²) in [5, 5.41) is 9.66. The van der Waals surface area contributed by atoms with E-state index in [1.807, 2.05) is 18.2 Å². The predicted octanol–water partition coefficient (Wildman–Crippen LogP) is 3.25. The van der Waals surface area contributed by atoms with Gasteiger partial charge in [-0.05, 0) is 29.7 Å². The van der Waals surface area contributed by atoms with Crippen molar-refractivity contribution in [2.75, 3.05) is 6.61 Å². The van der Waals surface area contributed by atoms with Gasteiger partial charge in [0, 0.05) is 11.6 Å². The van der Waals surface area contributed by atoms with Crippen molar-refractivity contribution < 1.29 is 14.6 Å². The molecular formula is C17H18O3. The molecule has 0 bridgehead atoms. The maximum Gasteiger partial charge on any atom is 0.129 e. The molecule has 0 spiro atoms. The van der Waals surface area contributed by atoms with Crippen LogP contribution < -0.4 is 9.47 Å². The second-order valence-corrected chi connectivity index (χ2v) is 4.99. The number of fused-ring (bicyclic) bond motifs is 1. The quantitative estimate of drug-likeness (QED) is 0.926. The smallest absolute Gasteiger partial charge is 0.129 e. The number of aliphatic hydroxyl groups excluding tert-OH is 1. The van der Waals surface area contributed by atoms with E-state index in [4.69, 9.17) is 9.47 Å². The van der Waals surface area contributed by atoms with Gasteiger partial charge in [-0.2, -0.15) is 0 Å². The molecule has 1 unspecified atom stereocenters. The zero-order chi connectivity index (χ0) is 13.9. The molecule has 1 aliphatic rings. The van der Waals surface area contributed by atoms with Crippen molar-refractivity contribution in [3.05, 3.63) is 59.2 Å². The van der Waals surface area contributed by atoms with Gasteiger partial charge in [0.15, 0.2) is 0 Å². The van der Waals surface area contributed by atoms with Gasteiger partial charge in [0.25, 0.3) is 0 Å². The van der Waals surface area contributed by atoms with Crippen molar-refractivity contribution in [2.45, 2.75) is 26.1 Å². The fraction of sp³-hybridized carbons (Fsp3) is 0.294. The Morgan fingerprint density at radius 1 is 1.15 bits per heavy atom. The van der Waals surface area contributed by atoms with Gasteiger partial charge in [0.1, 0.15) is 30.8 Å². The Kier molecular flexibility index (Phi) is 3.61. The minimum atomic E-state index is -0.513. The highest BCUT2D eigenvalue weighted by molar-refractivity contribution is 5.44. The summed E-state index contributed by atoms with van der Waals surface area (Å²) in [4.78, 5) is 0. The number of benzene rings is 2. The van der Waals surface area contributed by atoms with Gasteiger partial charge < -0.3 is 14.6 Å². The average molecular weight is 270 g/mol. The first-order valence-corrected chi connectivity index (χ1v) is 6.91. The molecule has 1 N–H and O–H groups in total. The third-order valence-corrected chi connectivity index (χ3v) is 3.58. The SMILES string of the molecule is CCc1ccc(COc2ccc3c(c2)OCC3O)cc1. The van der Waals surface area contributed by atoms with Crippen LogP contribution in [0.25, 0.3) is 0 Å². The molecule has 0 amide bonds. The Morgan fingerprint density at radius 3 is 2.65 bits per heavy atom. The van der Waals surface area contributed by atoms with Gasteiger partial charge in [-0.3, -0.25) is 0 Å². The number of hydrogen-bond donors (Lipinski definition) is 1. The molecule has 2 aromatic carbocycles. The van der Waals surface area contributed by atoms with Crippen molar-refractivity contribution in [1.29, 1.82) is 0 Å². The summed E-state index contributed by atoms with van der Waals surface area (Å²) in [5.41, 5.74) is 3.31. The zero-order valence-electron chi connectivity index (χ0n) is 11.5. The molecule has 1 aliphatic heterocycles. The second kappa shape index (κ2) is 5.55. The molecule has 0 aliphatic carbocycles. The maximum absolute atomic E-state index is 9.66. The Bertz CT molecular complexity index is 590. The first kappa shape index (κ1) is 13.0. The van der Waals surface area contributed by atoms with Crippen LogP contribution in [-0.4, -0.2) is 11.7 Å². The van der Waals surface area contributed by atoms with Crippen LogP contribution in [0.15, 0.2) is 42.5 Å². The Labute approximate surface area is 118 Å². The van der Waals surface area contributed by atoms with Gasteiger partial charge >= 0.3 is 0 Å². The Balaban J connectivity index is 1.66. The summed E-state index contributed by atoms with van der Waals surface area (Å²) < 4.78 is 11.2. The lowest BCUT2D eigenvalue weighted by Crippen LogP contribution is -1.97. The fourth-order valence-corrected chi connectivity index (χ4v) is 2.30. The topological polar surface area (TPSA) is 38.7 Å². The molecule has 1 atom stereocenters. The third kappa shape index (κ3) is 2.63. The van der Waals surface area contributed by atoms with Crippen molar-refractivity contribution in [1.82, 2.24) is 0 Å². The lowest BCUT2D eigenvalue weighted by Gasteiger charge is -2.08. The molecule has 2 aromatic rings. The largest absolute Gasteiger partial charge is 0.490 e. The minimum Gasteiger partial charge on any atom is -0.490 e. The van der Waals surface area contributed by atoms with Crippen molar-refractivity contribution in [3.63, 3.8) is 0 Å². The monoisotopic (exact) mass is 270 g/mol. The Morgan fingerprint density at radius 2 is 1.90 bits per heavy atom. The molecular weight excluding hydrogens is 252 g/mol. The fourth-order valence-electron chi connectivity index (χ4n) is 2.30. The normalized spacial score (nSPS) is 16.6. The predicted molar refractivity (Wildman–Crippen MR) is 77.0 cm³/mol. The van der Waals surface area contributed by atoms with E-state index in [2.05, 4.69) is 31.2 Å². The van der Waals surface area contributed by atoms with Crippen LogP contribution in [0.1, 0.15) is 29.7 Å². The third-order valence-electron chi connectivity index (χ3n) is 3.58. The van der Waals surface area contributed by atoms with Crippen LogP contribution in [0.5, 0.6) is 11.5 Å². The summed E-state index contributed by atoms with van der Waals surface area (Å²) in [5.74, 6) is 1.48. The first-order chi connectivity index (χ1) is 9.76. The molecule has 104 valence electrons. The van der Waals surface area contributed by atoms with E-state index in [9.17, 15) is 5.11 Å². The molecule has 0 fully saturated rings. The molecule has 3 rings (SSSR count). The standard InChI is InChI=1S/C17H18O3/c1-2-12-3-5-13(6-4-12)10-19-14-7-8-15-16(18)11-20-17(15)9-14/h3-9,16,18H,2,10-11H2,1H3.